The molecule has 1 aromatic carbocycles. The van der Waals surface area contributed by atoms with Gasteiger partial charge in [-0.15, -0.1) is 0 Å². The number of rotatable bonds is 3. The van der Waals surface area contributed by atoms with E-state index in [9.17, 15) is 8.42 Å². The Bertz CT molecular complexity index is 745. The van der Waals surface area contributed by atoms with Crippen LogP contribution in [0.2, 0.25) is 0 Å². The predicted molar refractivity (Wildman–Crippen MR) is 81.4 cm³/mol. The van der Waals surface area contributed by atoms with Crippen LogP contribution in [-0.2, 0) is 16.4 Å². The van der Waals surface area contributed by atoms with Crippen molar-refractivity contribution in [3.05, 3.63) is 46.6 Å². The molecule has 1 aliphatic rings. The highest BCUT2D eigenvalue weighted by Crippen LogP contribution is 2.26. The van der Waals surface area contributed by atoms with Gasteiger partial charge < -0.3 is 5.32 Å². The summed E-state index contributed by atoms with van der Waals surface area (Å²) in [6.07, 6.45) is 2.47. The van der Waals surface area contributed by atoms with Crippen molar-refractivity contribution in [1.29, 1.82) is 0 Å². The Hall–Kier alpha value is -1.60. The van der Waals surface area contributed by atoms with E-state index >= 15 is 0 Å². The van der Waals surface area contributed by atoms with Crippen LogP contribution in [0.4, 0.5) is 11.5 Å². The van der Waals surface area contributed by atoms with Crippen molar-refractivity contribution < 1.29 is 8.42 Å². The fourth-order valence-corrected chi connectivity index (χ4v) is 3.34. The second-order valence-electron chi connectivity index (χ2n) is 4.46. The Balaban J connectivity index is 1.90. The molecule has 5 nitrogen and oxygen atoms in total. The van der Waals surface area contributed by atoms with Gasteiger partial charge in [-0.2, -0.15) is 0 Å². The number of benzene rings is 1. The number of hydrogen-bond acceptors (Lipinski definition) is 4. The van der Waals surface area contributed by atoms with E-state index in [0.717, 1.165) is 28.7 Å². The third kappa shape index (κ3) is 2.64. The summed E-state index contributed by atoms with van der Waals surface area (Å²) >= 11 is 3.26. The minimum absolute atomic E-state index is 0.232. The molecular weight excluding hydrogens is 342 g/mol. The largest absolute Gasteiger partial charge is 0.384 e. The van der Waals surface area contributed by atoms with Crippen LogP contribution in [0.5, 0.6) is 0 Å². The van der Waals surface area contributed by atoms with Crippen molar-refractivity contribution in [3.8, 4) is 0 Å². The van der Waals surface area contributed by atoms with Gasteiger partial charge in [0, 0.05) is 22.9 Å². The Kier molecular flexibility index (Phi) is 3.39. The molecule has 1 aliphatic heterocycles. The summed E-state index contributed by atoms with van der Waals surface area (Å²) in [7, 11) is -3.62. The number of sulfonamides is 1. The molecule has 0 atom stereocenters. The molecule has 0 bridgehead atoms. The number of halogens is 1. The molecule has 3 rings (SSSR count). The van der Waals surface area contributed by atoms with Gasteiger partial charge in [-0.05, 0) is 52.2 Å². The number of nitrogens with zero attached hydrogens (tertiary/aromatic N) is 1. The molecule has 0 aliphatic carbocycles. The lowest BCUT2D eigenvalue weighted by Gasteiger charge is -2.09. The second-order valence-corrected chi connectivity index (χ2v) is 7.06. The van der Waals surface area contributed by atoms with Crippen molar-refractivity contribution >= 4 is 37.5 Å². The Labute approximate surface area is 125 Å². The molecule has 0 unspecified atom stereocenters. The average Bonchev–Trinajstić information content (AvgIpc) is 2.88. The monoisotopic (exact) mass is 353 g/mol. The smallest absolute Gasteiger partial charge is 0.263 e. The number of anilines is 2. The normalized spacial score (nSPS) is 13.7. The highest BCUT2D eigenvalue weighted by atomic mass is 79.9. The van der Waals surface area contributed by atoms with Crippen molar-refractivity contribution in [2.75, 3.05) is 16.6 Å². The maximum Gasteiger partial charge on any atom is 0.263 e. The Morgan fingerprint density at radius 3 is 2.85 bits per heavy atom. The Morgan fingerprint density at radius 1 is 1.25 bits per heavy atom. The summed E-state index contributed by atoms with van der Waals surface area (Å²) in [6, 6.07) is 8.46. The van der Waals surface area contributed by atoms with Crippen LogP contribution in [0.3, 0.4) is 0 Å². The SMILES string of the molecule is O=S(=O)(Nc1ccc(Br)cn1)c1ccc2c(c1)NCC2. The van der Waals surface area contributed by atoms with Crippen molar-refractivity contribution in [2.24, 2.45) is 0 Å². The minimum Gasteiger partial charge on any atom is -0.384 e. The van der Waals surface area contributed by atoms with Gasteiger partial charge in [-0.1, -0.05) is 6.07 Å². The standard InChI is InChI=1S/C13H12BrN3O2S/c14-10-2-4-13(16-8-10)17-20(18,19)11-3-1-9-5-6-15-12(9)7-11/h1-4,7-8,15H,5-6H2,(H,16,17). The fourth-order valence-electron chi connectivity index (χ4n) is 2.07. The molecule has 0 saturated heterocycles. The zero-order valence-electron chi connectivity index (χ0n) is 10.4. The third-order valence-electron chi connectivity index (χ3n) is 3.07. The second kappa shape index (κ2) is 5.06. The number of pyridine rings is 1. The summed E-state index contributed by atoms with van der Waals surface area (Å²) in [5.41, 5.74) is 2.03. The first-order valence-electron chi connectivity index (χ1n) is 6.06. The lowest BCUT2D eigenvalue weighted by atomic mass is 10.2. The van der Waals surface area contributed by atoms with E-state index in [-0.39, 0.29) is 4.90 Å². The van der Waals surface area contributed by atoms with E-state index in [0.29, 0.717) is 5.82 Å². The average molecular weight is 354 g/mol. The van der Waals surface area contributed by atoms with Gasteiger partial charge in [0.25, 0.3) is 10.0 Å². The van der Waals surface area contributed by atoms with E-state index in [4.69, 9.17) is 0 Å². The van der Waals surface area contributed by atoms with Crippen molar-refractivity contribution in [2.45, 2.75) is 11.3 Å². The number of aromatic nitrogens is 1. The minimum atomic E-state index is -3.62. The van der Waals surface area contributed by atoms with Gasteiger partial charge in [-0.25, -0.2) is 13.4 Å². The molecule has 104 valence electrons. The molecule has 2 N–H and O–H groups in total. The zero-order chi connectivity index (χ0) is 14.2. The van der Waals surface area contributed by atoms with Gasteiger partial charge >= 0.3 is 0 Å². The van der Waals surface area contributed by atoms with Gasteiger partial charge in [0.05, 0.1) is 4.90 Å². The Morgan fingerprint density at radius 2 is 2.10 bits per heavy atom. The summed E-state index contributed by atoms with van der Waals surface area (Å²) in [5.74, 6) is 0.293. The van der Waals surface area contributed by atoms with Crippen LogP contribution in [0.25, 0.3) is 0 Å². The van der Waals surface area contributed by atoms with E-state index in [2.05, 4.69) is 31.0 Å². The van der Waals surface area contributed by atoms with E-state index in [1.165, 1.54) is 0 Å². The van der Waals surface area contributed by atoms with E-state index in [1.807, 2.05) is 6.07 Å². The molecule has 0 fully saturated rings. The van der Waals surface area contributed by atoms with Crippen LogP contribution in [0.1, 0.15) is 5.56 Å². The third-order valence-corrected chi connectivity index (χ3v) is 4.89. The molecule has 0 amide bonds. The first-order valence-corrected chi connectivity index (χ1v) is 8.33. The highest BCUT2D eigenvalue weighted by molar-refractivity contribution is 9.10. The van der Waals surface area contributed by atoms with Crippen LogP contribution < -0.4 is 10.0 Å². The summed E-state index contributed by atoms with van der Waals surface area (Å²) < 4.78 is 27.9. The zero-order valence-corrected chi connectivity index (χ0v) is 12.8. The number of nitrogens with one attached hydrogen (secondary N) is 2. The van der Waals surface area contributed by atoms with E-state index in [1.54, 1.807) is 30.5 Å². The van der Waals surface area contributed by atoms with E-state index < -0.39 is 10.0 Å². The van der Waals surface area contributed by atoms with Gasteiger partial charge in [0.1, 0.15) is 5.82 Å². The lowest BCUT2D eigenvalue weighted by molar-refractivity contribution is 0.601. The molecule has 0 saturated carbocycles. The molecule has 1 aromatic heterocycles. The molecule has 2 heterocycles. The van der Waals surface area contributed by atoms with Gasteiger partial charge in [0.15, 0.2) is 0 Å². The maximum atomic E-state index is 12.3. The topological polar surface area (TPSA) is 71.1 Å². The van der Waals surface area contributed by atoms with Crippen molar-refractivity contribution in [3.63, 3.8) is 0 Å². The molecule has 0 radical (unpaired) electrons. The quantitative estimate of drug-likeness (QED) is 0.889. The number of fused-ring (bicyclic) bond motifs is 1. The van der Waals surface area contributed by atoms with Gasteiger partial charge in [0.2, 0.25) is 0 Å². The summed E-state index contributed by atoms with van der Waals surface area (Å²) in [6.45, 7) is 0.848. The summed E-state index contributed by atoms with van der Waals surface area (Å²) in [4.78, 5) is 4.24. The number of hydrogen-bond donors (Lipinski definition) is 2. The molecule has 20 heavy (non-hydrogen) atoms. The lowest BCUT2D eigenvalue weighted by Crippen LogP contribution is -2.14. The first-order chi connectivity index (χ1) is 9.54. The van der Waals surface area contributed by atoms with Crippen LogP contribution in [0.15, 0.2) is 45.9 Å². The molecule has 0 spiro atoms. The van der Waals surface area contributed by atoms with Crippen LogP contribution >= 0.6 is 15.9 Å². The molecule has 7 heteroatoms. The summed E-state index contributed by atoms with van der Waals surface area (Å²) in [5, 5.41) is 3.17. The van der Waals surface area contributed by atoms with Crippen LogP contribution in [-0.4, -0.2) is 19.9 Å². The van der Waals surface area contributed by atoms with Crippen molar-refractivity contribution in [1.82, 2.24) is 4.98 Å². The maximum absolute atomic E-state index is 12.3. The first kappa shape index (κ1) is 13.4. The van der Waals surface area contributed by atoms with Gasteiger partial charge in [-0.3, -0.25) is 4.72 Å². The predicted octanol–water partition coefficient (Wildman–Crippen LogP) is 2.61. The highest BCUT2D eigenvalue weighted by Gasteiger charge is 2.18. The molecule has 2 aromatic rings. The molecular formula is C13H12BrN3O2S. The van der Waals surface area contributed by atoms with Crippen LogP contribution in [0, 0.1) is 0 Å². The fraction of sp³-hybridized carbons (Fsp3) is 0.154.